The van der Waals surface area contributed by atoms with Gasteiger partial charge in [-0.3, -0.25) is 0 Å². The Balaban J connectivity index is 1.99. The summed E-state index contributed by atoms with van der Waals surface area (Å²) in [4.78, 5) is 0. The topological polar surface area (TPSA) is 38.7 Å². The van der Waals surface area contributed by atoms with Crippen molar-refractivity contribution in [2.24, 2.45) is 0 Å². The third kappa shape index (κ3) is 3.45. The van der Waals surface area contributed by atoms with Gasteiger partial charge in [0, 0.05) is 7.11 Å². The Morgan fingerprint density at radius 1 is 1.29 bits per heavy atom. The zero-order valence-corrected chi connectivity index (χ0v) is 10.3. The van der Waals surface area contributed by atoms with Gasteiger partial charge in [-0.1, -0.05) is 18.6 Å². The van der Waals surface area contributed by atoms with Crippen LogP contribution in [0.2, 0.25) is 0 Å². The number of rotatable bonds is 4. The number of ether oxygens (including phenoxy) is 2. The molecule has 1 aliphatic carbocycles. The number of aliphatic hydroxyl groups is 1. The lowest BCUT2D eigenvalue weighted by Crippen LogP contribution is -2.34. The number of hydrogen-bond acceptors (Lipinski definition) is 3. The predicted molar refractivity (Wildman–Crippen MR) is 66.0 cm³/mol. The zero-order chi connectivity index (χ0) is 12.1. The average molecular weight is 236 g/mol. The van der Waals surface area contributed by atoms with E-state index >= 15 is 0 Å². The van der Waals surface area contributed by atoms with E-state index in [1.54, 1.807) is 7.11 Å². The molecule has 94 valence electrons. The van der Waals surface area contributed by atoms with Gasteiger partial charge in [-0.25, -0.2) is 0 Å². The number of methoxy groups -OCH3 is 1. The van der Waals surface area contributed by atoms with Gasteiger partial charge < -0.3 is 14.6 Å². The van der Waals surface area contributed by atoms with Crippen molar-refractivity contribution < 1.29 is 14.6 Å². The highest BCUT2D eigenvalue weighted by atomic mass is 16.5. The average Bonchev–Trinajstić information content (AvgIpc) is 2.33. The molecule has 2 unspecified atom stereocenters. The van der Waals surface area contributed by atoms with Crippen molar-refractivity contribution in [1.82, 2.24) is 0 Å². The fourth-order valence-corrected chi connectivity index (χ4v) is 2.26. The highest BCUT2D eigenvalue weighted by Gasteiger charge is 2.24. The number of benzene rings is 1. The summed E-state index contributed by atoms with van der Waals surface area (Å²) in [5, 5.41) is 9.85. The molecular weight excluding hydrogens is 216 g/mol. The maximum absolute atomic E-state index is 9.85. The van der Waals surface area contributed by atoms with Crippen molar-refractivity contribution in [3.05, 3.63) is 29.8 Å². The summed E-state index contributed by atoms with van der Waals surface area (Å²) in [6, 6.07) is 7.87. The Bertz CT molecular complexity index is 351. The van der Waals surface area contributed by atoms with Crippen molar-refractivity contribution in [2.45, 2.75) is 44.5 Å². The normalized spacial score (nSPS) is 24.6. The highest BCUT2D eigenvalue weighted by molar-refractivity contribution is 5.28. The van der Waals surface area contributed by atoms with E-state index in [0.717, 1.165) is 37.0 Å². The van der Waals surface area contributed by atoms with E-state index in [1.165, 1.54) is 0 Å². The van der Waals surface area contributed by atoms with Crippen LogP contribution in [0.1, 0.15) is 31.2 Å². The van der Waals surface area contributed by atoms with E-state index in [4.69, 9.17) is 9.47 Å². The molecule has 0 spiro atoms. The molecule has 0 aromatic heterocycles. The minimum absolute atomic E-state index is 0.0541. The largest absolute Gasteiger partial charge is 0.488 e. The molecule has 2 rings (SSSR count). The van der Waals surface area contributed by atoms with E-state index in [2.05, 4.69) is 0 Å². The van der Waals surface area contributed by atoms with Crippen LogP contribution in [0, 0.1) is 0 Å². The molecule has 0 aliphatic heterocycles. The van der Waals surface area contributed by atoms with Crippen molar-refractivity contribution in [2.75, 3.05) is 7.11 Å². The van der Waals surface area contributed by atoms with Crippen LogP contribution in [-0.4, -0.2) is 24.4 Å². The molecule has 1 aromatic carbocycles. The third-order valence-electron chi connectivity index (χ3n) is 3.16. The summed E-state index contributed by atoms with van der Waals surface area (Å²) in [5.74, 6) is 0.825. The minimum Gasteiger partial charge on any atom is -0.488 e. The Hall–Kier alpha value is -1.06. The third-order valence-corrected chi connectivity index (χ3v) is 3.16. The molecule has 17 heavy (non-hydrogen) atoms. The Morgan fingerprint density at radius 2 is 2.12 bits per heavy atom. The van der Waals surface area contributed by atoms with Crippen molar-refractivity contribution in [1.29, 1.82) is 0 Å². The molecule has 1 N–H and O–H groups in total. The molecule has 0 radical (unpaired) electrons. The first kappa shape index (κ1) is 12.4. The van der Waals surface area contributed by atoms with Crippen molar-refractivity contribution in [3.63, 3.8) is 0 Å². The second kappa shape index (κ2) is 6.03. The predicted octanol–water partition coefficient (Wildman–Crippen LogP) is 2.52. The summed E-state index contributed by atoms with van der Waals surface area (Å²) in [7, 11) is 1.68. The molecule has 1 aliphatic rings. The fourth-order valence-electron chi connectivity index (χ4n) is 2.26. The smallest absolute Gasteiger partial charge is 0.124 e. The SMILES string of the molecule is COCc1cccc(OC2CCCCC2O)c1. The molecule has 3 nitrogen and oxygen atoms in total. The first-order valence-electron chi connectivity index (χ1n) is 6.22. The van der Waals surface area contributed by atoms with Crippen molar-refractivity contribution >= 4 is 0 Å². The Labute approximate surface area is 102 Å². The molecule has 0 saturated heterocycles. The van der Waals surface area contributed by atoms with Gasteiger partial charge >= 0.3 is 0 Å². The molecule has 2 atom stereocenters. The molecule has 3 heteroatoms. The van der Waals surface area contributed by atoms with Crippen LogP contribution in [0.25, 0.3) is 0 Å². The van der Waals surface area contributed by atoms with E-state index in [0.29, 0.717) is 6.61 Å². The van der Waals surface area contributed by atoms with Gasteiger partial charge in [0.1, 0.15) is 11.9 Å². The Morgan fingerprint density at radius 3 is 2.88 bits per heavy atom. The summed E-state index contributed by atoms with van der Waals surface area (Å²) < 4.78 is 10.9. The van der Waals surface area contributed by atoms with Gasteiger partial charge in [-0.15, -0.1) is 0 Å². The van der Waals surface area contributed by atoms with Crippen LogP contribution in [0.4, 0.5) is 0 Å². The van der Waals surface area contributed by atoms with Crippen LogP contribution >= 0.6 is 0 Å². The first-order valence-corrected chi connectivity index (χ1v) is 6.22. The van der Waals surface area contributed by atoms with Crippen LogP contribution in [0.5, 0.6) is 5.75 Å². The van der Waals surface area contributed by atoms with Gasteiger partial charge in [-0.05, 0) is 37.0 Å². The zero-order valence-electron chi connectivity index (χ0n) is 10.3. The molecule has 1 fully saturated rings. The summed E-state index contributed by atoms with van der Waals surface area (Å²) in [5.41, 5.74) is 1.09. The molecule has 1 aromatic rings. The molecule has 0 amide bonds. The van der Waals surface area contributed by atoms with Gasteiger partial charge in [0.15, 0.2) is 0 Å². The van der Waals surface area contributed by atoms with Gasteiger partial charge in [0.25, 0.3) is 0 Å². The van der Waals surface area contributed by atoms with E-state index in [9.17, 15) is 5.11 Å². The Kier molecular flexibility index (Phi) is 4.40. The van der Waals surface area contributed by atoms with Gasteiger partial charge in [0.2, 0.25) is 0 Å². The quantitative estimate of drug-likeness (QED) is 0.873. The second-order valence-corrected chi connectivity index (χ2v) is 4.59. The maximum atomic E-state index is 9.85. The fraction of sp³-hybridized carbons (Fsp3) is 0.571. The van der Waals surface area contributed by atoms with E-state index < -0.39 is 0 Å². The highest BCUT2D eigenvalue weighted by Crippen LogP contribution is 2.24. The lowest BCUT2D eigenvalue weighted by atomic mass is 9.95. The first-order chi connectivity index (χ1) is 8.29. The number of aliphatic hydroxyl groups excluding tert-OH is 1. The minimum atomic E-state index is -0.324. The van der Waals surface area contributed by atoms with Gasteiger partial charge in [-0.2, -0.15) is 0 Å². The monoisotopic (exact) mass is 236 g/mol. The molecule has 1 saturated carbocycles. The molecule has 0 heterocycles. The van der Waals surface area contributed by atoms with Crippen LogP contribution in [0.3, 0.4) is 0 Å². The summed E-state index contributed by atoms with van der Waals surface area (Å²) >= 11 is 0. The van der Waals surface area contributed by atoms with Crippen molar-refractivity contribution in [3.8, 4) is 5.75 Å². The maximum Gasteiger partial charge on any atom is 0.124 e. The molecular formula is C14H20O3. The summed E-state index contributed by atoms with van der Waals surface area (Å²) in [6.07, 6.45) is 3.65. The van der Waals surface area contributed by atoms with Crippen LogP contribution < -0.4 is 4.74 Å². The summed E-state index contributed by atoms with van der Waals surface area (Å²) in [6.45, 7) is 0.588. The van der Waals surface area contributed by atoms with Crippen LogP contribution in [0.15, 0.2) is 24.3 Å². The standard InChI is InChI=1S/C14H20O3/c1-16-10-11-5-4-6-12(9-11)17-14-8-3-2-7-13(14)15/h4-6,9,13-15H,2-3,7-8,10H2,1H3. The van der Waals surface area contributed by atoms with Gasteiger partial charge in [0.05, 0.1) is 12.7 Å². The van der Waals surface area contributed by atoms with E-state index in [-0.39, 0.29) is 12.2 Å². The number of hydrogen-bond donors (Lipinski definition) is 1. The molecule has 0 bridgehead atoms. The van der Waals surface area contributed by atoms with Crippen LogP contribution in [-0.2, 0) is 11.3 Å². The lowest BCUT2D eigenvalue weighted by Gasteiger charge is -2.28. The van der Waals surface area contributed by atoms with E-state index in [1.807, 2.05) is 24.3 Å². The lowest BCUT2D eigenvalue weighted by molar-refractivity contribution is 0.00678. The second-order valence-electron chi connectivity index (χ2n) is 4.59.